The summed E-state index contributed by atoms with van der Waals surface area (Å²) in [5.74, 6) is -0.809. The van der Waals surface area contributed by atoms with Crippen LogP contribution in [-0.2, 0) is 23.9 Å². The minimum absolute atomic E-state index is 0. The summed E-state index contributed by atoms with van der Waals surface area (Å²) >= 11 is 0. The minimum Gasteiger partial charge on any atom is -0.549 e. The number of carboxylic acids is 1. The van der Waals surface area contributed by atoms with Crippen molar-refractivity contribution in [2.75, 3.05) is 27.4 Å². The van der Waals surface area contributed by atoms with Crippen molar-refractivity contribution < 1.29 is 58.5 Å². The van der Waals surface area contributed by atoms with Crippen LogP contribution in [0.4, 0.5) is 0 Å². The van der Waals surface area contributed by atoms with E-state index in [1.165, 1.54) is 14.2 Å². The van der Waals surface area contributed by atoms with Gasteiger partial charge in [0.05, 0.1) is 24.6 Å². The van der Waals surface area contributed by atoms with E-state index in [-0.39, 0.29) is 71.3 Å². The Morgan fingerprint density at radius 2 is 1.58 bits per heavy atom. The molecule has 1 aliphatic rings. The number of hydrogen-bond acceptors (Lipinski definition) is 6. The summed E-state index contributed by atoms with van der Waals surface area (Å²) in [7, 11) is 2.92. The van der Waals surface area contributed by atoms with Crippen molar-refractivity contribution in [1.29, 1.82) is 0 Å². The number of ether oxygens (including phenoxy) is 2. The number of nitrogens with one attached hydrogen (secondary N) is 1. The van der Waals surface area contributed by atoms with E-state index in [9.17, 15) is 19.5 Å². The van der Waals surface area contributed by atoms with Gasteiger partial charge >= 0.3 is 29.6 Å². The molecular formula is C23H42NNaO6. The fourth-order valence-electron chi connectivity index (χ4n) is 4.75. The molecule has 176 valence electrons. The van der Waals surface area contributed by atoms with E-state index in [2.05, 4.69) is 26.1 Å². The van der Waals surface area contributed by atoms with Crippen molar-refractivity contribution in [2.45, 2.75) is 86.1 Å². The average Bonchev–Trinajstić information content (AvgIpc) is 2.57. The maximum Gasteiger partial charge on any atom is 1.00 e. The third kappa shape index (κ3) is 12.4. The summed E-state index contributed by atoms with van der Waals surface area (Å²) in [5, 5.41) is 13.8. The van der Waals surface area contributed by atoms with Gasteiger partial charge in [0.2, 0.25) is 5.91 Å². The van der Waals surface area contributed by atoms with Crippen LogP contribution in [0.3, 0.4) is 0 Å². The van der Waals surface area contributed by atoms with Gasteiger partial charge in [0.25, 0.3) is 0 Å². The molecule has 1 amide bonds. The first-order chi connectivity index (χ1) is 13.7. The Morgan fingerprint density at radius 1 is 1.06 bits per heavy atom. The van der Waals surface area contributed by atoms with Gasteiger partial charge in [-0.15, -0.1) is 0 Å². The van der Waals surface area contributed by atoms with Gasteiger partial charge in [0.1, 0.15) is 5.78 Å². The van der Waals surface area contributed by atoms with E-state index >= 15 is 0 Å². The second-order valence-corrected chi connectivity index (χ2v) is 9.95. The second-order valence-electron chi connectivity index (χ2n) is 9.95. The maximum atomic E-state index is 11.2. The van der Waals surface area contributed by atoms with Gasteiger partial charge in [-0.3, -0.25) is 4.79 Å². The fourth-order valence-corrected chi connectivity index (χ4v) is 4.75. The zero-order valence-corrected chi connectivity index (χ0v) is 23.2. The van der Waals surface area contributed by atoms with Crippen LogP contribution < -0.4 is 40.0 Å². The van der Waals surface area contributed by atoms with Gasteiger partial charge in [0.15, 0.2) is 0 Å². The minimum atomic E-state index is -1.12. The number of aliphatic carboxylic acids is 1. The monoisotopic (exact) mass is 451 g/mol. The number of methoxy groups -OCH3 is 2. The van der Waals surface area contributed by atoms with Crippen molar-refractivity contribution in [2.24, 2.45) is 16.2 Å². The van der Waals surface area contributed by atoms with Crippen LogP contribution in [0.1, 0.15) is 80.1 Å². The van der Waals surface area contributed by atoms with Crippen molar-refractivity contribution in [3.8, 4) is 0 Å². The van der Waals surface area contributed by atoms with Gasteiger partial charge in [-0.1, -0.05) is 27.7 Å². The Balaban J connectivity index is 0. The zero-order chi connectivity index (χ0) is 23.6. The van der Waals surface area contributed by atoms with Crippen LogP contribution in [0.25, 0.3) is 0 Å². The Morgan fingerprint density at radius 3 is 1.94 bits per heavy atom. The van der Waals surface area contributed by atoms with Crippen LogP contribution in [0, 0.1) is 16.2 Å². The number of carbonyl (C=O) groups is 3. The molecule has 1 fully saturated rings. The van der Waals surface area contributed by atoms with Gasteiger partial charge in [-0.05, 0) is 49.9 Å². The summed E-state index contributed by atoms with van der Waals surface area (Å²) in [6, 6.07) is 0.253. The van der Waals surface area contributed by atoms with Crippen LogP contribution in [-0.4, -0.2) is 51.1 Å². The summed E-state index contributed by atoms with van der Waals surface area (Å²) in [5.41, 5.74) is -0.596. The molecule has 0 aromatic carbocycles. The van der Waals surface area contributed by atoms with Crippen LogP contribution in [0.2, 0.25) is 0 Å². The molecule has 2 unspecified atom stereocenters. The van der Waals surface area contributed by atoms with E-state index in [0.717, 1.165) is 25.7 Å². The predicted octanol–water partition coefficient (Wildman–Crippen LogP) is -0.494. The number of ketones is 1. The van der Waals surface area contributed by atoms with E-state index in [1.54, 1.807) is 20.8 Å². The third-order valence-electron chi connectivity index (χ3n) is 5.88. The quantitative estimate of drug-likeness (QED) is 0.450. The van der Waals surface area contributed by atoms with E-state index in [1.807, 2.05) is 0 Å². The summed E-state index contributed by atoms with van der Waals surface area (Å²) < 4.78 is 9.62. The molecule has 1 N–H and O–H groups in total. The van der Waals surface area contributed by atoms with Crippen LogP contribution in [0.15, 0.2) is 0 Å². The molecule has 0 radical (unpaired) electrons. The Kier molecular flexibility index (Phi) is 15.4. The standard InChI is InChI=1S/C15H27NO2.C8H16O4.Na/c1-11(17)6-7-15(5)9-13(16-12(2)18)8-14(3,4)10-15;1-4-8(5-11-2,6-12-3)7(9)10;/h13H,6-10H2,1-5H3,(H,16,18);4-6H2,1-3H3,(H,9,10);/q;;+1/p-1. The van der Waals surface area contributed by atoms with E-state index < -0.39 is 11.4 Å². The largest absolute Gasteiger partial charge is 1.00 e. The molecule has 0 aliphatic heterocycles. The third-order valence-corrected chi connectivity index (χ3v) is 5.88. The van der Waals surface area contributed by atoms with E-state index in [0.29, 0.717) is 12.8 Å². The summed E-state index contributed by atoms with van der Waals surface area (Å²) in [4.78, 5) is 33.2. The van der Waals surface area contributed by atoms with Crippen molar-refractivity contribution in [1.82, 2.24) is 5.32 Å². The number of carboxylic acid groups (broad SMARTS) is 1. The first kappa shape index (κ1) is 32.7. The fraction of sp³-hybridized carbons (Fsp3) is 0.870. The SMILES string of the molecule is CC(=O)CCC1(C)CC(NC(C)=O)CC(C)(C)C1.CCC(COC)(COC)C(=O)[O-].[Na+]. The second kappa shape index (κ2) is 14.6. The molecule has 0 aromatic rings. The maximum absolute atomic E-state index is 11.2. The van der Waals surface area contributed by atoms with Crippen molar-refractivity contribution in [3.05, 3.63) is 0 Å². The molecule has 1 saturated carbocycles. The van der Waals surface area contributed by atoms with Gasteiger partial charge in [0, 0.05) is 33.6 Å². The predicted molar refractivity (Wildman–Crippen MR) is 115 cm³/mol. The Labute approximate surface area is 210 Å². The molecule has 0 spiro atoms. The Bertz CT molecular complexity index is 574. The van der Waals surface area contributed by atoms with Crippen molar-refractivity contribution >= 4 is 17.7 Å². The van der Waals surface area contributed by atoms with Gasteiger partial charge in [-0.25, -0.2) is 0 Å². The molecule has 0 heterocycles. The number of carbonyl (C=O) groups excluding carboxylic acids is 3. The molecule has 0 aromatic heterocycles. The number of hydrogen-bond donors (Lipinski definition) is 1. The van der Waals surface area contributed by atoms with E-state index in [4.69, 9.17) is 9.47 Å². The first-order valence-electron chi connectivity index (χ1n) is 10.7. The van der Waals surface area contributed by atoms with Crippen molar-refractivity contribution in [3.63, 3.8) is 0 Å². The number of amides is 1. The Hall–Kier alpha value is -0.470. The molecule has 0 saturated heterocycles. The number of rotatable bonds is 10. The summed E-state index contributed by atoms with van der Waals surface area (Å²) in [6.45, 7) is 12.0. The first-order valence-corrected chi connectivity index (χ1v) is 10.7. The molecule has 0 bridgehead atoms. The molecule has 2 atom stereocenters. The smallest absolute Gasteiger partial charge is 0.549 e. The van der Waals surface area contributed by atoms with Crippen LogP contribution in [0.5, 0.6) is 0 Å². The van der Waals surface area contributed by atoms with Crippen LogP contribution >= 0.6 is 0 Å². The van der Waals surface area contributed by atoms with Gasteiger partial charge < -0.3 is 29.5 Å². The normalized spacial score (nSPS) is 22.4. The number of Topliss-reactive ketones (excluding diaryl/α,β-unsaturated/α-hetero) is 1. The molecule has 31 heavy (non-hydrogen) atoms. The molecule has 1 rings (SSSR count). The van der Waals surface area contributed by atoms with Gasteiger partial charge in [-0.2, -0.15) is 0 Å². The molecule has 8 heteroatoms. The molecular weight excluding hydrogens is 409 g/mol. The molecule has 7 nitrogen and oxygen atoms in total. The summed E-state index contributed by atoms with van der Waals surface area (Å²) in [6.07, 6.45) is 5.17. The zero-order valence-electron chi connectivity index (χ0n) is 21.2. The topological polar surface area (TPSA) is 105 Å². The average molecular weight is 452 g/mol. The molecule has 1 aliphatic carbocycles.